The van der Waals surface area contributed by atoms with Gasteiger partial charge in [0.25, 0.3) is 0 Å². The molecule has 0 aliphatic rings. The van der Waals surface area contributed by atoms with Crippen molar-refractivity contribution in [3.63, 3.8) is 0 Å². The summed E-state index contributed by atoms with van der Waals surface area (Å²) in [6.45, 7) is 7.34. The second-order valence-corrected chi connectivity index (χ2v) is 7.22. The van der Waals surface area contributed by atoms with Crippen LogP contribution in [0.25, 0.3) is 0 Å². The summed E-state index contributed by atoms with van der Waals surface area (Å²) in [6, 6.07) is 0. The van der Waals surface area contributed by atoms with Crippen LogP contribution in [0.3, 0.4) is 0 Å². The minimum absolute atomic E-state index is 0.00745. The van der Waals surface area contributed by atoms with E-state index in [1.54, 1.807) is 6.08 Å². The van der Waals surface area contributed by atoms with Crippen LogP contribution in [0.1, 0.15) is 91.4 Å². The maximum absolute atomic E-state index is 11.5. The van der Waals surface area contributed by atoms with Crippen LogP contribution in [0.5, 0.6) is 0 Å². The van der Waals surface area contributed by atoms with E-state index in [2.05, 4.69) is 44.3 Å². The summed E-state index contributed by atoms with van der Waals surface area (Å²) in [5, 5.41) is 2.90. The Morgan fingerprint density at radius 1 is 0.840 bits per heavy atom. The fraction of sp³-hybridized carbons (Fsp3) is 0.696. The topological polar surface area (TPSA) is 29.1 Å². The van der Waals surface area contributed by atoms with Crippen molar-refractivity contribution < 1.29 is 4.79 Å². The molecule has 25 heavy (non-hydrogen) atoms. The normalized spacial score (nSPS) is 12.2. The molecule has 0 atom stereocenters. The molecule has 1 amide bonds. The first kappa shape index (κ1) is 23.7. The maximum Gasteiger partial charge on any atom is 0.243 e. The van der Waals surface area contributed by atoms with E-state index < -0.39 is 0 Å². The molecule has 0 aliphatic carbocycles. The zero-order valence-corrected chi connectivity index (χ0v) is 16.9. The van der Waals surface area contributed by atoms with Crippen LogP contribution in [0, 0.1) is 5.92 Å². The lowest BCUT2D eigenvalue weighted by Crippen LogP contribution is -2.23. The van der Waals surface area contributed by atoms with Crippen molar-refractivity contribution >= 4 is 5.91 Å². The highest BCUT2D eigenvalue weighted by Gasteiger charge is 1.95. The van der Waals surface area contributed by atoms with E-state index in [9.17, 15) is 4.79 Å². The predicted molar refractivity (Wildman–Crippen MR) is 112 cm³/mol. The van der Waals surface area contributed by atoms with E-state index in [1.807, 2.05) is 12.2 Å². The molecule has 0 saturated heterocycles. The van der Waals surface area contributed by atoms with E-state index in [4.69, 9.17) is 0 Å². The molecule has 0 fully saturated rings. The fourth-order valence-electron chi connectivity index (χ4n) is 2.49. The number of carbonyl (C=O) groups is 1. The summed E-state index contributed by atoms with van der Waals surface area (Å²) in [4.78, 5) is 11.5. The summed E-state index contributed by atoms with van der Waals surface area (Å²) in [5.41, 5.74) is 0. The first-order valence-corrected chi connectivity index (χ1v) is 10.4. The Balaban J connectivity index is 3.40. The van der Waals surface area contributed by atoms with Crippen molar-refractivity contribution in [2.45, 2.75) is 91.4 Å². The highest BCUT2D eigenvalue weighted by atomic mass is 16.1. The van der Waals surface area contributed by atoms with Gasteiger partial charge in [0.2, 0.25) is 5.91 Å². The van der Waals surface area contributed by atoms with Gasteiger partial charge in [-0.2, -0.15) is 0 Å². The Morgan fingerprint density at radius 2 is 1.44 bits per heavy atom. The molecule has 0 heterocycles. The minimum atomic E-state index is 0.00745. The molecule has 0 saturated carbocycles. The third-order valence-corrected chi connectivity index (χ3v) is 4.15. The number of amides is 1. The number of nitrogens with one attached hydrogen (secondary N) is 1. The zero-order valence-electron chi connectivity index (χ0n) is 16.9. The second-order valence-electron chi connectivity index (χ2n) is 7.22. The van der Waals surface area contributed by atoms with Gasteiger partial charge < -0.3 is 5.32 Å². The molecule has 1 N–H and O–H groups in total. The maximum atomic E-state index is 11.5. The average Bonchev–Trinajstić information content (AvgIpc) is 2.58. The van der Waals surface area contributed by atoms with Gasteiger partial charge in [0, 0.05) is 12.6 Å². The molecule has 0 aliphatic heterocycles. The van der Waals surface area contributed by atoms with Crippen molar-refractivity contribution in [1.82, 2.24) is 5.32 Å². The van der Waals surface area contributed by atoms with E-state index in [-0.39, 0.29) is 5.91 Å². The molecular formula is C23H41NO. The van der Waals surface area contributed by atoms with Gasteiger partial charge in [0.1, 0.15) is 0 Å². The predicted octanol–water partition coefficient (Wildman–Crippen LogP) is 6.74. The third-order valence-electron chi connectivity index (χ3n) is 4.15. The molecule has 0 aromatic heterocycles. The SMILES string of the molecule is CCCCCC=CCCCCCCC=CC=CC(=O)NCCC(C)C. The minimum Gasteiger partial charge on any atom is -0.353 e. The monoisotopic (exact) mass is 347 g/mol. The standard InChI is InChI=1S/C23H41NO/c1-4-5-6-7-8-9-10-11-12-13-14-15-16-17-18-19-23(25)24-21-20-22(2)3/h8-9,16-19,22H,4-7,10-15,20-21H2,1-3H3,(H,24,25). The lowest BCUT2D eigenvalue weighted by Gasteiger charge is -2.04. The molecule has 0 spiro atoms. The summed E-state index contributed by atoms with van der Waals surface area (Å²) < 4.78 is 0. The fourth-order valence-corrected chi connectivity index (χ4v) is 2.49. The first-order valence-electron chi connectivity index (χ1n) is 10.4. The molecule has 0 bridgehead atoms. The van der Waals surface area contributed by atoms with Crippen molar-refractivity contribution in [3.05, 3.63) is 36.5 Å². The third kappa shape index (κ3) is 20.6. The van der Waals surface area contributed by atoms with Crippen molar-refractivity contribution in [3.8, 4) is 0 Å². The van der Waals surface area contributed by atoms with Gasteiger partial charge in [-0.3, -0.25) is 4.79 Å². The molecule has 0 aromatic carbocycles. The summed E-state index contributed by atoms with van der Waals surface area (Å²) in [7, 11) is 0. The lowest BCUT2D eigenvalue weighted by atomic mass is 10.1. The van der Waals surface area contributed by atoms with Crippen molar-refractivity contribution in [1.29, 1.82) is 0 Å². The molecule has 2 nitrogen and oxygen atoms in total. The van der Waals surface area contributed by atoms with Gasteiger partial charge in [-0.25, -0.2) is 0 Å². The van der Waals surface area contributed by atoms with E-state index in [0.717, 1.165) is 19.4 Å². The van der Waals surface area contributed by atoms with Crippen LogP contribution in [-0.2, 0) is 4.79 Å². The van der Waals surface area contributed by atoms with Crippen LogP contribution >= 0.6 is 0 Å². The van der Waals surface area contributed by atoms with Crippen LogP contribution in [-0.4, -0.2) is 12.5 Å². The first-order chi connectivity index (χ1) is 12.2. The Morgan fingerprint density at radius 3 is 2.04 bits per heavy atom. The molecule has 0 rings (SSSR count). The summed E-state index contributed by atoms with van der Waals surface area (Å²) >= 11 is 0. The largest absolute Gasteiger partial charge is 0.353 e. The van der Waals surface area contributed by atoms with Gasteiger partial charge in [-0.05, 0) is 50.9 Å². The van der Waals surface area contributed by atoms with Crippen molar-refractivity contribution in [2.75, 3.05) is 6.54 Å². The Kier molecular flexibility index (Phi) is 18.0. The number of allylic oxidation sites excluding steroid dienone is 5. The van der Waals surface area contributed by atoms with Crippen LogP contribution in [0.15, 0.2) is 36.5 Å². The Hall–Kier alpha value is -1.31. The lowest BCUT2D eigenvalue weighted by molar-refractivity contribution is -0.116. The number of rotatable bonds is 16. The van der Waals surface area contributed by atoms with Gasteiger partial charge in [-0.1, -0.05) is 76.8 Å². The number of hydrogen-bond acceptors (Lipinski definition) is 1. The quantitative estimate of drug-likeness (QED) is 0.142. The van der Waals surface area contributed by atoms with Gasteiger partial charge >= 0.3 is 0 Å². The van der Waals surface area contributed by atoms with Gasteiger partial charge in [0.15, 0.2) is 0 Å². The molecular weight excluding hydrogens is 306 g/mol. The number of hydrogen-bond donors (Lipinski definition) is 1. The molecule has 0 aromatic rings. The average molecular weight is 348 g/mol. The number of carbonyl (C=O) groups excluding carboxylic acids is 1. The molecule has 2 heteroatoms. The van der Waals surface area contributed by atoms with Gasteiger partial charge in [0.05, 0.1) is 0 Å². The van der Waals surface area contributed by atoms with Gasteiger partial charge in [-0.15, -0.1) is 0 Å². The Labute approximate surface area is 156 Å². The number of unbranched alkanes of at least 4 members (excludes halogenated alkanes) is 8. The zero-order chi connectivity index (χ0) is 18.6. The van der Waals surface area contributed by atoms with Crippen molar-refractivity contribution in [2.24, 2.45) is 5.92 Å². The van der Waals surface area contributed by atoms with E-state index >= 15 is 0 Å². The molecule has 0 radical (unpaired) electrons. The van der Waals surface area contributed by atoms with Crippen LogP contribution in [0.2, 0.25) is 0 Å². The van der Waals surface area contributed by atoms with Crippen LogP contribution < -0.4 is 5.32 Å². The summed E-state index contributed by atoms with van der Waals surface area (Å²) in [6.07, 6.45) is 26.1. The highest BCUT2D eigenvalue weighted by Crippen LogP contribution is 2.07. The Bertz CT molecular complexity index is 380. The van der Waals surface area contributed by atoms with E-state index in [0.29, 0.717) is 5.92 Å². The highest BCUT2D eigenvalue weighted by molar-refractivity contribution is 5.87. The smallest absolute Gasteiger partial charge is 0.243 e. The van der Waals surface area contributed by atoms with Crippen LogP contribution in [0.4, 0.5) is 0 Å². The molecule has 0 unspecified atom stereocenters. The molecule has 144 valence electrons. The second kappa shape index (κ2) is 19.0. The van der Waals surface area contributed by atoms with E-state index in [1.165, 1.54) is 57.8 Å². The summed E-state index contributed by atoms with van der Waals surface area (Å²) in [5.74, 6) is 0.638.